The number of aliphatic imine (C=N–C) groups is 2. The molecule has 0 atom stereocenters. The summed E-state index contributed by atoms with van der Waals surface area (Å²) in [5.74, 6) is -0.540. The summed E-state index contributed by atoms with van der Waals surface area (Å²) in [6, 6.07) is 0. The van der Waals surface area contributed by atoms with Crippen LogP contribution in [0.4, 0.5) is 0 Å². The van der Waals surface area contributed by atoms with Gasteiger partial charge in [0.1, 0.15) is 0 Å². The lowest BCUT2D eigenvalue weighted by molar-refractivity contribution is 0.0824. The molecular weight excluding hydrogens is 242 g/mol. The summed E-state index contributed by atoms with van der Waals surface area (Å²) < 4.78 is 0. The van der Waals surface area contributed by atoms with Crippen LogP contribution in [0.2, 0.25) is 0 Å². The molecule has 19 heavy (non-hydrogen) atoms. The molecule has 2 rings (SSSR count). The fourth-order valence-electron chi connectivity index (χ4n) is 3.40. The van der Waals surface area contributed by atoms with Crippen LogP contribution in [0.15, 0.2) is 9.98 Å². The molecule has 108 valence electrons. The van der Waals surface area contributed by atoms with Crippen molar-refractivity contribution in [1.29, 1.82) is 0 Å². The van der Waals surface area contributed by atoms with Crippen molar-refractivity contribution in [3.8, 4) is 0 Å². The summed E-state index contributed by atoms with van der Waals surface area (Å²) in [4.78, 5) is 8.57. The van der Waals surface area contributed by atoms with Crippen LogP contribution in [0.5, 0.6) is 0 Å². The quantitative estimate of drug-likeness (QED) is 0.433. The van der Waals surface area contributed by atoms with E-state index in [9.17, 15) is 0 Å². The second kappa shape index (κ2) is 4.08. The molecule has 2 aliphatic rings. The number of nitrogens with zero attached hydrogens (tertiary/aromatic N) is 2. The maximum Gasteiger partial charge on any atom is 0.212 e. The van der Waals surface area contributed by atoms with Gasteiger partial charge < -0.3 is 16.8 Å². The first-order valence-electron chi connectivity index (χ1n) is 6.57. The highest BCUT2D eigenvalue weighted by atomic mass is 15.4. The molecule has 0 radical (unpaired) electrons. The van der Waals surface area contributed by atoms with Crippen molar-refractivity contribution < 1.29 is 0 Å². The van der Waals surface area contributed by atoms with E-state index >= 15 is 0 Å². The van der Waals surface area contributed by atoms with E-state index in [1.54, 1.807) is 0 Å². The lowest BCUT2D eigenvalue weighted by Gasteiger charge is -2.49. The van der Waals surface area contributed by atoms with Crippen LogP contribution in [0.1, 0.15) is 40.5 Å². The zero-order valence-electron chi connectivity index (χ0n) is 12.1. The molecule has 2 aliphatic heterocycles. The lowest BCUT2D eigenvalue weighted by Crippen LogP contribution is -2.64. The van der Waals surface area contributed by atoms with Gasteiger partial charge in [0.05, 0.1) is 0 Å². The number of rotatable bonds is 1. The zero-order chi connectivity index (χ0) is 14.5. The first-order valence-corrected chi connectivity index (χ1v) is 6.57. The van der Waals surface area contributed by atoms with Gasteiger partial charge in [-0.05, 0) is 40.5 Å². The smallest absolute Gasteiger partial charge is 0.212 e. The van der Waals surface area contributed by atoms with Gasteiger partial charge in [-0.1, -0.05) is 0 Å². The van der Waals surface area contributed by atoms with Crippen LogP contribution < -0.4 is 27.8 Å². The van der Waals surface area contributed by atoms with Gasteiger partial charge in [0.25, 0.3) is 0 Å². The van der Waals surface area contributed by atoms with Crippen LogP contribution in [-0.2, 0) is 0 Å². The standard InChI is InChI=1S/C12H25N7/c1-10(2)5-7(6-11(3,4)19-10)12(15)17-8(13)16-9(14)18-12/h7,19H,5-6,15H2,1-4H3,(H5,13,14,16,17,18). The van der Waals surface area contributed by atoms with Crippen molar-refractivity contribution in [2.24, 2.45) is 33.1 Å². The van der Waals surface area contributed by atoms with Gasteiger partial charge in [-0.15, -0.1) is 0 Å². The molecule has 0 aliphatic carbocycles. The third kappa shape index (κ3) is 2.98. The molecule has 0 saturated carbocycles. The predicted molar refractivity (Wildman–Crippen MR) is 77.3 cm³/mol. The highest BCUT2D eigenvalue weighted by Gasteiger charge is 2.47. The minimum atomic E-state index is -1.07. The predicted octanol–water partition coefficient (Wildman–Crippen LogP) is -0.612. The largest absolute Gasteiger partial charge is 0.370 e. The lowest BCUT2D eigenvalue weighted by atomic mass is 9.73. The van der Waals surface area contributed by atoms with Gasteiger partial charge in [-0.25, -0.2) is 9.98 Å². The number of piperidine rings is 1. The number of nitrogens with one attached hydrogen (secondary N) is 2. The van der Waals surface area contributed by atoms with Gasteiger partial charge in [-0.3, -0.25) is 11.1 Å². The molecule has 7 nitrogen and oxygen atoms in total. The molecule has 0 unspecified atom stereocenters. The molecule has 0 aromatic carbocycles. The number of guanidine groups is 2. The van der Waals surface area contributed by atoms with Gasteiger partial charge >= 0.3 is 0 Å². The van der Waals surface area contributed by atoms with E-state index in [4.69, 9.17) is 17.2 Å². The summed E-state index contributed by atoms with van der Waals surface area (Å²) in [5, 5.41) is 6.28. The van der Waals surface area contributed by atoms with E-state index in [0.717, 1.165) is 12.8 Å². The molecule has 1 fully saturated rings. The second-order valence-electron chi connectivity index (χ2n) is 6.90. The molecule has 0 amide bonds. The summed E-state index contributed by atoms with van der Waals surface area (Å²) in [7, 11) is 0. The molecule has 7 heteroatoms. The topological polar surface area (TPSA) is 127 Å². The van der Waals surface area contributed by atoms with Crippen LogP contribution in [0.25, 0.3) is 0 Å². The molecular formula is C12H25N7. The Balaban J connectivity index is 2.32. The third-order valence-corrected chi connectivity index (χ3v) is 3.65. The monoisotopic (exact) mass is 267 g/mol. The Labute approximate surface area is 114 Å². The third-order valence-electron chi connectivity index (χ3n) is 3.65. The van der Waals surface area contributed by atoms with Crippen molar-refractivity contribution in [2.75, 3.05) is 0 Å². The SMILES string of the molecule is CC1(C)CC(C2(N)N=C(N)NC(N)=N2)CC(C)(C)N1. The van der Waals surface area contributed by atoms with E-state index in [1.165, 1.54) is 0 Å². The van der Waals surface area contributed by atoms with Crippen molar-refractivity contribution in [2.45, 2.75) is 57.4 Å². The number of hydrogen-bond acceptors (Lipinski definition) is 7. The Morgan fingerprint density at radius 1 is 1.00 bits per heavy atom. The van der Waals surface area contributed by atoms with Crippen LogP contribution in [-0.4, -0.2) is 28.8 Å². The molecule has 0 spiro atoms. The van der Waals surface area contributed by atoms with E-state index in [1.807, 2.05) is 0 Å². The van der Waals surface area contributed by atoms with Crippen molar-refractivity contribution in [3.63, 3.8) is 0 Å². The summed E-state index contributed by atoms with van der Waals surface area (Å²) in [5.41, 5.74) is 17.7. The molecule has 0 aromatic heterocycles. The van der Waals surface area contributed by atoms with Crippen LogP contribution >= 0.6 is 0 Å². The first-order chi connectivity index (χ1) is 8.51. The Bertz CT molecular complexity index is 401. The second-order valence-corrected chi connectivity index (χ2v) is 6.90. The minimum Gasteiger partial charge on any atom is -0.370 e. The highest BCUT2D eigenvalue weighted by Crippen LogP contribution is 2.39. The Hall–Kier alpha value is -1.34. The zero-order valence-corrected chi connectivity index (χ0v) is 12.1. The average Bonchev–Trinajstić information content (AvgIpc) is 2.09. The molecule has 2 heterocycles. The molecule has 1 saturated heterocycles. The van der Waals surface area contributed by atoms with E-state index in [-0.39, 0.29) is 28.9 Å². The van der Waals surface area contributed by atoms with Crippen molar-refractivity contribution in [3.05, 3.63) is 0 Å². The van der Waals surface area contributed by atoms with E-state index in [0.29, 0.717) is 0 Å². The normalized spacial score (nSPS) is 29.1. The van der Waals surface area contributed by atoms with Crippen molar-refractivity contribution in [1.82, 2.24) is 10.6 Å². The van der Waals surface area contributed by atoms with E-state index < -0.39 is 5.79 Å². The van der Waals surface area contributed by atoms with Gasteiger partial charge in [0.2, 0.25) is 5.79 Å². The summed E-state index contributed by atoms with van der Waals surface area (Å²) in [6.45, 7) is 8.63. The number of hydrogen-bond donors (Lipinski definition) is 5. The van der Waals surface area contributed by atoms with Gasteiger partial charge in [0, 0.05) is 17.0 Å². The van der Waals surface area contributed by atoms with Crippen LogP contribution in [0.3, 0.4) is 0 Å². The van der Waals surface area contributed by atoms with Gasteiger partial charge in [-0.2, -0.15) is 0 Å². The molecule has 0 bridgehead atoms. The highest BCUT2D eigenvalue weighted by molar-refractivity contribution is 5.98. The molecule has 0 aromatic rings. The fraction of sp³-hybridized carbons (Fsp3) is 0.833. The Kier molecular flexibility index (Phi) is 3.02. The molecule has 8 N–H and O–H groups in total. The minimum absolute atomic E-state index is 0.0295. The first kappa shape index (κ1) is 14.1. The average molecular weight is 267 g/mol. The Morgan fingerprint density at radius 2 is 1.42 bits per heavy atom. The summed E-state index contributed by atoms with van der Waals surface area (Å²) in [6.07, 6.45) is 1.72. The van der Waals surface area contributed by atoms with Crippen molar-refractivity contribution >= 4 is 11.9 Å². The Morgan fingerprint density at radius 3 is 1.84 bits per heavy atom. The summed E-state index contributed by atoms with van der Waals surface area (Å²) >= 11 is 0. The van der Waals surface area contributed by atoms with Gasteiger partial charge in [0.15, 0.2) is 11.9 Å². The maximum atomic E-state index is 6.35. The van der Waals surface area contributed by atoms with Crippen LogP contribution in [0, 0.1) is 5.92 Å². The number of nitrogens with two attached hydrogens (primary N) is 3. The maximum absolute atomic E-state index is 6.35. The fourth-order valence-corrected chi connectivity index (χ4v) is 3.40. The van der Waals surface area contributed by atoms with E-state index in [2.05, 4.69) is 48.3 Å².